The van der Waals surface area contributed by atoms with Gasteiger partial charge in [-0.1, -0.05) is 194 Å². The van der Waals surface area contributed by atoms with Gasteiger partial charge in [0, 0.05) is 26.7 Å². The van der Waals surface area contributed by atoms with E-state index in [9.17, 15) is 0 Å². The van der Waals surface area contributed by atoms with E-state index in [0.29, 0.717) is 0 Å². The topological polar surface area (TPSA) is 22.0 Å². The minimum absolute atomic E-state index is 0.744. The van der Waals surface area contributed by atoms with Gasteiger partial charge in [-0.25, -0.2) is 0 Å². The fourth-order valence-corrected chi connectivity index (χ4v) is 13.3. The Morgan fingerprint density at radius 1 is 0.362 bits per heavy atom. The van der Waals surface area contributed by atoms with E-state index in [1.807, 2.05) is 30.3 Å². The summed E-state index contributed by atoms with van der Waals surface area (Å²) >= 11 is 0. The Morgan fingerprint density at radius 2 is 0.862 bits per heavy atom. The van der Waals surface area contributed by atoms with Crippen LogP contribution in [0.25, 0.3) is 60.9 Å². The number of aromatic nitrogens is 1. The van der Waals surface area contributed by atoms with Crippen LogP contribution in [0.4, 0.5) is 0 Å². The summed E-state index contributed by atoms with van der Waals surface area (Å²) in [4.78, 5) is 0. The van der Waals surface area contributed by atoms with E-state index >= 15 is 4.57 Å². The second kappa shape index (κ2) is 12.5. The van der Waals surface area contributed by atoms with Gasteiger partial charge in [-0.15, -0.1) is 0 Å². The van der Waals surface area contributed by atoms with Crippen LogP contribution in [0.1, 0.15) is 22.3 Å². The van der Waals surface area contributed by atoms with Crippen LogP contribution >= 0.6 is 7.14 Å². The second-order valence-corrected chi connectivity index (χ2v) is 18.2. The number of hydrogen-bond acceptors (Lipinski definition) is 1. The van der Waals surface area contributed by atoms with Crippen LogP contribution in [0.15, 0.2) is 218 Å². The third-order valence-corrected chi connectivity index (χ3v) is 15.9. The van der Waals surface area contributed by atoms with Gasteiger partial charge < -0.3 is 9.13 Å². The molecule has 272 valence electrons. The van der Waals surface area contributed by atoms with Crippen LogP contribution in [0.2, 0.25) is 0 Å². The number of fused-ring (bicyclic) bond motifs is 11. The lowest BCUT2D eigenvalue weighted by Crippen LogP contribution is -2.48. The van der Waals surface area contributed by atoms with E-state index in [2.05, 4.69) is 193 Å². The largest absolute Gasteiger partial charge is 0.309 e. The molecular weight excluding hydrogens is 722 g/mol. The molecular formula is C55H36NOP. The first-order valence-corrected chi connectivity index (χ1v) is 21.7. The molecule has 2 aliphatic rings. The molecule has 0 saturated heterocycles. The Balaban J connectivity index is 1.12. The first-order chi connectivity index (χ1) is 28.7. The molecule has 10 aromatic rings. The molecule has 0 radical (unpaired) electrons. The van der Waals surface area contributed by atoms with E-state index in [4.69, 9.17) is 0 Å². The number of nitrogens with zero attached hydrogens (tertiary/aromatic N) is 1. The van der Waals surface area contributed by atoms with Crippen molar-refractivity contribution in [1.29, 1.82) is 0 Å². The fraction of sp³-hybridized carbons (Fsp3) is 0.0182. The maximum Gasteiger partial charge on any atom is 0.171 e. The zero-order valence-electron chi connectivity index (χ0n) is 31.6. The molecule has 2 atom stereocenters. The van der Waals surface area contributed by atoms with E-state index in [-0.39, 0.29) is 0 Å². The second-order valence-electron chi connectivity index (χ2n) is 15.5. The molecule has 0 amide bonds. The van der Waals surface area contributed by atoms with Crippen LogP contribution in [0.3, 0.4) is 0 Å². The average Bonchev–Trinajstić information content (AvgIpc) is 3.65. The highest BCUT2D eigenvalue weighted by atomic mass is 31.2. The monoisotopic (exact) mass is 757 g/mol. The summed E-state index contributed by atoms with van der Waals surface area (Å²) in [5, 5.41) is 5.11. The first kappa shape index (κ1) is 33.2. The molecule has 2 nitrogen and oxygen atoms in total. The van der Waals surface area contributed by atoms with Gasteiger partial charge in [0.2, 0.25) is 0 Å². The Labute approximate surface area is 337 Å². The normalized spacial score (nSPS) is 17.5. The lowest BCUT2D eigenvalue weighted by Gasteiger charge is -2.47. The van der Waals surface area contributed by atoms with Crippen LogP contribution < -0.4 is 15.9 Å². The fourth-order valence-electron chi connectivity index (χ4n) is 10.2. The van der Waals surface area contributed by atoms with E-state index in [1.165, 1.54) is 55.2 Å². The Bertz CT molecular complexity index is 3290. The highest BCUT2D eigenvalue weighted by molar-refractivity contribution is 7.85. The van der Waals surface area contributed by atoms with Crippen LogP contribution in [0, 0.1) is 0 Å². The van der Waals surface area contributed by atoms with Gasteiger partial charge in [-0.2, -0.15) is 0 Å². The minimum atomic E-state index is -3.33. The molecule has 2 aliphatic heterocycles. The third-order valence-electron chi connectivity index (χ3n) is 12.7. The summed E-state index contributed by atoms with van der Waals surface area (Å²) in [5.74, 6) is 0. The molecule has 0 fully saturated rings. The molecule has 58 heavy (non-hydrogen) atoms. The molecule has 0 aliphatic carbocycles. The van der Waals surface area contributed by atoms with Gasteiger partial charge >= 0.3 is 0 Å². The Hall–Kier alpha value is -6.99. The molecule has 1 spiro atoms. The van der Waals surface area contributed by atoms with Gasteiger partial charge in [-0.3, -0.25) is 0 Å². The highest BCUT2D eigenvalue weighted by Crippen LogP contribution is 2.61. The summed E-state index contributed by atoms with van der Waals surface area (Å²) in [6.45, 7) is 0. The van der Waals surface area contributed by atoms with E-state index < -0.39 is 12.6 Å². The smallest absolute Gasteiger partial charge is 0.171 e. The van der Waals surface area contributed by atoms with Crippen molar-refractivity contribution in [1.82, 2.24) is 4.57 Å². The standard InChI is InChI=1S/C55H36NOP/c57-58(43-16-5-2-6-17-43)52-25-12-9-21-47(52)55(46-20-8-11-24-51(46)56-50-23-10-7-18-44(50)45-19-13-22-48(55)54(45)56)49-36-42(34-35-53(49)58)41-32-30-40(31-33-41)39-28-26-38(27-29-39)37-14-3-1-4-15-37/h1-36H. The summed E-state index contributed by atoms with van der Waals surface area (Å²) in [6.07, 6.45) is 0. The molecule has 12 rings (SSSR count). The minimum Gasteiger partial charge on any atom is -0.309 e. The maximum atomic E-state index is 16.4. The lowest BCUT2D eigenvalue weighted by atomic mass is 9.62. The van der Waals surface area contributed by atoms with Gasteiger partial charge in [0.05, 0.1) is 22.1 Å². The average molecular weight is 758 g/mol. The van der Waals surface area contributed by atoms with Gasteiger partial charge in [0.1, 0.15) is 0 Å². The summed E-state index contributed by atoms with van der Waals surface area (Å²) in [6, 6.07) is 78.1. The highest BCUT2D eigenvalue weighted by Gasteiger charge is 2.54. The SMILES string of the molecule is O=P1(c2ccccc2)c2ccccc2C2(c3ccccc3-n3c4ccccc4c4cccc2c43)c2cc(-c3ccc(-c4ccc(-c5ccccc5)cc4)cc3)ccc21. The number of para-hydroxylation sites is 3. The van der Waals surface area contributed by atoms with Crippen molar-refractivity contribution >= 4 is 44.9 Å². The number of benzene rings is 9. The van der Waals surface area contributed by atoms with Crippen molar-refractivity contribution in [3.05, 3.63) is 241 Å². The van der Waals surface area contributed by atoms with Crippen molar-refractivity contribution < 1.29 is 4.57 Å². The Kier molecular flexibility index (Phi) is 7.15. The predicted molar refractivity (Wildman–Crippen MR) is 242 cm³/mol. The molecule has 0 N–H and O–H groups in total. The lowest BCUT2D eigenvalue weighted by molar-refractivity contribution is 0.590. The quantitative estimate of drug-likeness (QED) is 0.164. The molecule has 9 aromatic carbocycles. The Morgan fingerprint density at radius 3 is 1.59 bits per heavy atom. The zero-order valence-corrected chi connectivity index (χ0v) is 32.5. The first-order valence-electron chi connectivity index (χ1n) is 20.0. The molecule has 0 saturated carbocycles. The van der Waals surface area contributed by atoms with Gasteiger partial charge in [-0.05, 0) is 79.9 Å². The van der Waals surface area contributed by atoms with Crippen LogP contribution in [-0.4, -0.2) is 4.57 Å². The summed E-state index contributed by atoms with van der Waals surface area (Å²) < 4.78 is 18.9. The molecule has 3 heterocycles. The van der Waals surface area contributed by atoms with Crippen molar-refractivity contribution in [3.8, 4) is 39.1 Å². The van der Waals surface area contributed by atoms with Gasteiger partial charge in [0.25, 0.3) is 0 Å². The number of hydrogen-bond donors (Lipinski definition) is 0. The molecule has 3 heteroatoms. The maximum absolute atomic E-state index is 16.4. The van der Waals surface area contributed by atoms with E-state index in [0.717, 1.165) is 43.9 Å². The van der Waals surface area contributed by atoms with Crippen molar-refractivity contribution in [2.24, 2.45) is 0 Å². The predicted octanol–water partition coefficient (Wildman–Crippen LogP) is 12.4. The third kappa shape index (κ3) is 4.47. The van der Waals surface area contributed by atoms with Gasteiger partial charge in [0.15, 0.2) is 7.14 Å². The van der Waals surface area contributed by atoms with Crippen LogP contribution in [0.5, 0.6) is 0 Å². The molecule has 1 aromatic heterocycles. The zero-order chi connectivity index (χ0) is 38.4. The van der Waals surface area contributed by atoms with E-state index in [1.54, 1.807) is 0 Å². The molecule has 2 unspecified atom stereocenters. The van der Waals surface area contributed by atoms with Crippen molar-refractivity contribution in [2.75, 3.05) is 0 Å². The number of rotatable bonds is 4. The summed E-state index contributed by atoms with van der Waals surface area (Å²) in [5.41, 5.74) is 14.3. The van der Waals surface area contributed by atoms with Crippen molar-refractivity contribution in [2.45, 2.75) is 5.41 Å². The summed E-state index contributed by atoms with van der Waals surface area (Å²) in [7, 11) is -3.33. The van der Waals surface area contributed by atoms with Crippen LogP contribution in [-0.2, 0) is 9.98 Å². The van der Waals surface area contributed by atoms with Crippen molar-refractivity contribution in [3.63, 3.8) is 0 Å². The molecule has 0 bridgehead atoms.